The maximum Gasteiger partial charge on any atom is 0.260 e. The van der Waals surface area contributed by atoms with E-state index in [1.54, 1.807) is 4.90 Å². The predicted molar refractivity (Wildman–Crippen MR) is 81.3 cm³/mol. The number of likely N-dealkylation sites (tertiary alicyclic amines) is 1. The minimum Gasteiger partial charge on any atom is -0.484 e. The Labute approximate surface area is 126 Å². The first-order valence-corrected chi connectivity index (χ1v) is 7.25. The summed E-state index contributed by atoms with van der Waals surface area (Å²) in [6.07, 6.45) is 0. The van der Waals surface area contributed by atoms with Gasteiger partial charge in [-0.2, -0.15) is 0 Å². The summed E-state index contributed by atoms with van der Waals surface area (Å²) >= 11 is 0. The third kappa shape index (κ3) is 3.95. The van der Waals surface area contributed by atoms with E-state index in [0.717, 1.165) is 5.56 Å². The first-order valence-electron chi connectivity index (χ1n) is 7.25. The van der Waals surface area contributed by atoms with Crippen LogP contribution in [0.15, 0.2) is 24.3 Å². The van der Waals surface area contributed by atoms with Crippen molar-refractivity contribution in [2.75, 3.05) is 40.4 Å². The molecular formula is C16H24N2O3. The summed E-state index contributed by atoms with van der Waals surface area (Å²) in [4.78, 5) is 16.1. The molecule has 1 heterocycles. The van der Waals surface area contributed by atoms with Crippen LogP contribution in [0.5, 0.6) is 5.75 Å². The largest absolute Gasteiger partial charge is 0.484 e. The Morgan fingerprint density at radius 2 is 2.19 bits per heavy atom. The van der Waals surface area contributed by atoms with E-state index in [4.69, 9.17) is 4.74 Å². The van der Waals surface area contributed by atoms with Crippen molar-refractivity contribution in [2.45, 2.75) is 13.0 Å². The number of amides is 1. The second-order valence-electron chi connectivity index (χ2n) is 5.88. The van der Waals surface area contributed by atoms with Crippen LogP contribution in [-0.2, 0) is 4.79 Å². The van der Waals surface area contributed by atoms with Gasteiger partial charge < -0.3 is 19.6 Å². The van der Waals surface area contributed by atoms with Gasteiger partial charge in [0.25, 0.3) is 5.91 Å². The van der Waals surface area contributed by atoms with Gasteiger partial charge >= 0.3 is 0 Å². The highest BCUT2D eigenvalue weighted by Crippen LogP contribution is 2.20. The molecule has 21 heavy (non-hydrogen) atoms. The molecule has 1 N–H and O–H groups in total. The van der Waals surface area contributed by atoms with Gasteiger partial charge in [-0.15, -0.1) is 0 Å². The Hall–Kier alpha value is -1.59. The highest BCUT2D eigenvalue weighted by Gasteiger charge is 2.35. The zero-order valence-corrected chi connectivity index (χ0v) is 13.0. The number of hydrogen-bond acceptors (Lipinski definition) is 4. The molecule has 2 atom stereocenters. The van der Waals surface area contributed by atoms with E-state index >= 15 is 0 Å². The number of aliphatic hydroxyl groups excluding tert-OH is 1. The molecule has 0 saturated carbocycles. The van der Waals surface area contributed by atoms with Crippen molar-refractivity contribution in [3.05, 3.63) is 29.8 Å². The van der Waals surface area contributed by atoms with Crippen molar-refractivity contribution in [3.8, 4) is 5.75 Å². The van der Waals surface area contributed by atoms with Gasteiger partial charge in [-0.05, 0) is 38.7 Å². The molecule has 1 fully saturated rings. The van der Waals surface area contributed by atoms with Gasteiger partial charge in [0.2, 0.25) is 0 Å². The summed E-state index contributed by atoms with van der Waals surface area (Å²) in [5, 5.41) is 9.43. The van der Waals surface area contributed by atoms with Crippen molar-refractivity contribution in [2.24, 2.45) is 5.92 Å². The molecule has 1 aromatic rings. The van der Waals surface area contributed by atoms with Crippen molar-refractivity contribution in [1.29, 1.82) is 0 Å². The number of rotatable bonds is 5. The molecule has 1 amide bonds. The molecule has 0 aromatic heterocycles. The molecule has 1 aliphatic heterocycles. The smallest absolute Gasteiger partial charge is 0.260 e. The lowest BCUT2D eigenvalue weighted by Gasteiger charge is -2.23. The number of carbonyl (C=O) groups excluding carboxylic acids is 1. The Kier molecular flexibility index (Phi) is 5.20. The van der Waals surface area contributed by atoms with Gasteiger partial charge in [-0.3, -0.25) is 4.79 Å². The van der Waals surface area contributed by atoms with E-state index < -0.39 is 0 Å². The molecule has 1 aliphatic rings. The normalized spacial score (nSPS) is 21.9. The molecule has 1 saturated heterocycles. The summed E-state index contributed by atoms with van der Waals surface area (Å²) in [5.74, 6) is 0.799. The third-order valence-electron chi connectivity index (χ3n) is 4.01. The fraction of sp³-hybridized carbons (Fsp3) is 0.562. The van der Waals surface area contributed by atoms with Crippen LogP contribution in [0.4, 0.5) is 0 Å². The zero-order chi connectivity index (χ0) is 15.4. The van der Waals surface area contributed by atoms with Gasteiger partial charge in [0.15, 0.2) is 6.61 Å². The van der Waals surface area contributed by atoms with Crippen LogP contribution in [0.25, 0.3) is 0 Å². The van der Waals surface area contributed by atoms with E-state index in [9.17, 15) is 9.90 Å². The average molecular weight is 292 g/mol. The number of aryl methyl sites for hydroxylation is 1. The van der Waals surface area contributed by atoms with Crippen molar-refractivity contribution >= 4 is 5.91 Å². The van der Waals surface area contributed by atoms with E-state index in [1.807, 2.05) is 45.3 Å². The maximum atomic E-state index is 12.2. The Bertz CT molecular complexity index is 490. The van der Waals surface area contributed by atoms with E-state index in [0.29, 0.717) is 18.8 Å². The molecule has 0 aliphatic carbocycles. The first kappa shape index (κ1) is 15.8. The lowest BCUT2D eigenvalue weighted by molar-refractivity contribution is -0.132. The average Bonchev–Trinajstić information content (AvgIpc) is 2.89. The van der Waals surface area contributed by atoms with Crippen LogP contribution < -0.4 is 4.74 Å². The number of likely N-dealkylation sites (N-methyl/N-ethyl adjacent to an activating group) is 1. The molecular weight excluding hydrogens is 268 g/mol. The number of hydrogen-bond donors (Lipinski definition) is 1. The van der Waals surface area contributed by atoms with Crippen molar-refractivity contribution < 1.29 is 14.6 Å². The fourth-order valence-electron chi connectivity index (χ4n) is 2.76. The van der Waals surface area contributed by atoms with Crippen LogP contribution in [0.2, 0.25) is 0 Å². The molecule has 5 nitrogen and oxygen atoms in total. The molecule has 0 radical (unpaired) electrons. The molecule has 116 valence electrons. The molecule has 1 aromatic carbocycles. The first-order chi connectivity index (χ1) is 10.0. The zero-order valence-electron chi connectivity index (χ0n) is 13.0. The number of aliphatic hydroxyl groups is 1. The lowest BCUT2D eigenvalue weighted by Crippen LogP contribution is -2.38. The van der Waals surface area contributed by atoms with E-state index in [-0.39, 0.29) is 31.1 Å². The lowest BCUT2D eigenvalue weighted by atomic mass is 10.0. The summed E-state index contributed by atoms with van der Waals surface area (Å²) in [7, 11) is 3.95. The van der Waals surface area contributed by atoms with Crippen molar-refractivity contribution in [3.63, 3.8) is 0 Å². The maximum absolute atomic E-state index is 12.2. The third-order valence-corrected chi connectivity index (χ3v) is 4.01. The molecule has 0 spiro atoms. The summed E-state index contributed by atoms with van der Waals surface area (Å²) < 4.78 is 5.56. The quantitative estimate of drug-likeness (QED) is 0.870. The Balaban J connectivity index is 1.89. The minimum absolute atomic E-state index is 0.0284. The van der Waals surface area contributed by atoms with Crippen LogP contribution in [0, 0.1) is 12.8 Å². The topological polar surface area (TPSA) is 53.0 Å². The number of carbonyl (C=O) groups is 1. The van der Waals surface area contributed by atoms with Gasteiger partial charge in [0.05, 0.1) is 0 Å². The number of nitrogens with zero attached hydrogens (tertiary/aromatic N) is 2. The van der Waals surface area contributed by atoms with E-state index in [2.05, 4.69) is 4.90 Å². The minimum atomic E-state index is -0.0284. The van der Waals surface area contributed by atoms with E-state index in [1.165, 1.54) is 0 Å². The highest BCUT2D eigenvalue weighted by molar-refractivity contribution is 5.78. The van der Waals surface area contributed by atoms with Gasteiger partial charge in [-0.25, -0.2) is 0 Å². The Morgan fingerprint density at radius 1 is 1.43 bits per heavy atom. The molecule has 2 rings (SSSR count). The predicted octanol–water partition coefficient (Wildman–Crippen LogP) is 0.755. The second kappa shape index (κ2) is 6.91. The van der Waals surface area contributed by atoms with Crippen LogP contribution in [-0.4, -0.2) is 67.3 Å². The summed E-state index contributed by atoms with van der Waals surface area (Å²) in [6.45, 7) is 3.37. The van der Waals surface area contributed by atoms with Crippen molar-refractivity contribution in [1.82, 2.24) is 9.80 Å². The fourth-order valence-corrected chi connectivity index (χ4v) is 2.76. The second-order valence-corrected chi connectivity index (χ2v) is 5.88. The van der Waals surface area contributed by atoms with Crippen LogP contribution in [0.3, 0.4) is 0 Å². The SMILES string of the molecule is Cc1cccc(OCC(=O)N2C[C@@H](CO)[C@H](N(C)C)C2)c1. The highest BCUT2D eigenvalue weighted by atomic mass is 16.5. The monoisotopic (exact) mass is 292 g/mol. The standard InChI is InChI=1S/C16H24N2O3/c1-12-5-4-6-14(7-12)21-11-16(20)18-8-13(10-19)15(9-18)17(2)3/h4-7,13,15,19H,8-11H2,1-3H3/t13-,15+/m0/s1. The summed E-state index contributed by atoms with van der Waals surface area (Å²) in [5.41, 5.74) is 1.11. The molecule has 0 bridgehead atoms. The van der Waals surface area contributed by atoms with Crippen LogP contribution in [0.1, 0.15) is 5.56 Å². The number of benzene rings is 1. The number of ether oxygens (including phenoxy) is 1. The van der Waals surface area contributed by atoms with Crippen LogP contribution >= 0.6 is 0 Å². The molecule has 0 unspecified atom stereocenters. The molecule has 5 heteroatoms. The summed E-state index contributed by atoms with van der Waals surface area (Å²) in [6, 6.07) is 7.87. The van der Waals surface area contributed by atoms with Gasteiger partial charge in [0, 0.05) is 31.7 Å². The van der Waals surface area contributed by atoms with Gasteiger partial charge in [-0.1, -0.05) is 12.1 Å². The Morgan fingerprint density at radius 3 is 2.76 bits per heavy atom. The van der Waals surface area contributed by atoms with Gasteiger partial charge in [0.1, 0.15) is 5.75 Å².